The molecule has 30 heavy (non-hydrogen) atoms. The fraction of sp³-hybridized carbons (Fsp3) is 0.417. The Bertz CT molecular complexity index is 803. The molecule has 0 radical (unpaired) electrons. The van der Waals surface area contributed by atoms with Crippen molar-refractivity contribution in [3.05, 3.63) is 59.7 Å². The van der Waals surface area contributed by atoms with E-state index < -0.39 is 6.04 Å². The fourth-order valence-electron chi connectivity index (χ4n) is 3.21. The summed E-state index contributed by atoms with van der Waals surface area (Å²) in [6.45, 7) is 4.75. The minimum absolute atomic E-state index is 0.0613. The van der Waals surface area contributed by atoms with Crippen molar-refractivity contribution in [3.8, 4) is 11.5 Å². The third-order valence-electron chi connectivity index (χ3n) is 4.97. The third kappa shape index (κ3) is 6.79. The number of hydrogen-bond acceptors (Lipinski definition) is 4. The number of hydrogen-bond donors (Lipinski definition) is 1. The largest absolute Gasteiger partial charge is 0.497 e. The number of rotatable bonds is 11. The molecule has 1 atom stereocenters. The van der Waals surface area contributed by atoms with Crippen molar-refractivity contribution in [2.75, 3.05) is 20.8 Å². The molecular formula is C24H32N2O4. The van der Waals surface area contributed by atoms with Crippen LogP contribution in [-0.4, -0.2) is 43.5 Å². The van der Waals surface area contributed by atoms with Gasteiger partial charge in [0.25, 0.3) is 0 Å². The number of ether oxygens (including phenoxy) is 2. The first-order valence-electron chi connectivity index (χ1n) is 10.3. The van der Waals surface area contributed by atoms with Crippen LogP contribution in [-0.2, 0) is 16.1 Å². The van der Waals surface area contributed by atoms with Crippen LogP contribution in [0.2, 0.25) is 0 Å². The SMILES string of the molecule is CC[C@@H](C(=O)NC)N(Cc1ccc(OC)cc1)C(=O)CCCOc1ccc(C)cc1. The number of likely N-dealkylation sites (N-methyl/N-ethyl adjacent to an activating group) is 1. The molecule has 0 saturated carbocycles. The summed E-state index contributed by atoms with van der Waals surface area (Å²) in [5, 5.41) is 2.67. The summed E-state index contributed by atoms with van der Waals surface area (Å²) in [4.78, 5) is 27.0. The van der Waals surface area contributed by atoms with Gasteiger partial charge in [-0.25, -0.2) is 0 Å². The number of carbonyl (C=O) groups is 2. The summed E-state index contributed by atoms with van der Waals surface area (Å²) in [5.41, 5.74) is 2.12. The van der Waals surface area contributed by atoms with Crippen LogP contribution >= 0.6 is 0 Å². The predicted molar refractivity (Wildman–Crippen MR) is 118 cm³/mol. The Kier molecular flexibility index (Phi) is 9.19. The lowest BCUT2D eigenvalue weighted by atomic mass is 10.1. The zero-order valence-corrected chi connectivity index (χ0v) is 18.3. The van der Waals surface area contributed by atoms with Crippen LogP contribution in [0, 0.1) is 6.92 Å². The molecular weight excluding hydrogens is 380 g/mol. The van der Waals surface area contributed by atoms with Gasteiger partial charge in [0.1, 0.15) is 17.5 Å². The first-order chi connectivity index (χ1) is 14.5. The second-order valence-corrected chi connectivity index (χ2v) is 7.17. The van der Waals surface area contributed by atoms with Gasteiger partial charge >= 0.3 is 0 Å². The maximum atomic E-state index is 13.0. The highest BCUT2D eigenvalue weighted by Gasteiger charge is 2.27. The molecule has 6 nitrogen and oxygen atoms in total. The summed E-state index contributed by atoms with van der Waals surface area (Å²) in [7, 11) is 3.21. The summed E-state index contributed by atoms with van der Waals surface area (Å²) >= 11 is 0. The molecule has 0 aliphatic heterocycles. The minimum Gasteiger partial charge on any atom is -0.497 e. The number of nitrogens with zero attached hydrogens (tertiary/aromatic N) is 1. The highest BCUT2D eigenvalue weighted by molar-refractivity contribution is 5.87. The summed E-state index contributed by atoms with van der Waals surface area (Å²) in [6.07, 6.45) is 1.44. The molecule has 1 N–H and O–H groups in total. The lowest BCUT2D eigenvalue weighted by molar-refractivity contribution is -0.141. The van der Waals surface area contributed by atoms with Gasteiger partial charge in [0.15, 0.2) is 0 Å². The average molecular weight is 413 g/mol. The van der Waals surface area contributed by atoms with Crippen LogP contribution in [0.5, 0.6) is 11.5 Å². The molecule has 0 heterocycles. The van der Waals surface area contributed by atoms with E-state index in [0.717, 1.165) is 17.1 Å². The second kappa shape index (κ2) is 11.9. The van der Waals surface area contributed by atoms with E-state index in [2.05, 4.69) is 5.32 Å². The summed E-state index contributed by atoms with van der Waals surface area (Å²) < 4.78 is 10.9. The van der Waals surface area contributed by atoms with E-state index >= 15 is 0 Å². The maximum absolute atomic E-state index is 13.0. The monoisotopic (exact) mass is 412 g/mol. The Morgan fingerprint density at radius 3 is 2.23 bits per heavy atom. The van der Waals surface area contributed by atoms with Crippen molar-refractivity contribution in [2.24, 2.45) is 0 Å². The Morgan fingerprint density at radius 1 is 1.03 bits per heavy atom. The van der Waals surface area contributed by atoms with Crippen molar-refractivity contribution < 1.29 is 19.1 Å². The average Bonchev–Trinajstić information content (AvgIpc) is 2.77. The van der Waals surface area contributed by atoms with E-state index in [4.69, 9.17) is 9.47 Å². The van der Waals surface area contributed by atoms with E-state index in [1.54, 1.807) is 19.1 Å². The zero-order valence-electron chi connectivity index (χ0n) is 18.3. The number of amides is 2. The third-order valence-corrected chi connectivity index (χ3v) is 4.97. The van der Waals surface area contributed by atoms with Crippen LogP contribution in [0.15, 0.2) is 48.5 Å². The maximum Gasteiger partial charge on any atom is 0.242 e. The van der Waals surface area contributed by atoms with Crippen LogP contribution < -0.4 is 14.8 Å². The number of aryl methyl sites for hydroxylation is 1. The van der Waals surface area contributed by atoms with Gasteiger partial charge in [0, 0.05) is 20.0 Å². The number of benzene rings is 2. The van der Waals surface area contributed by atoms with Gasteiger partial charge in [-0.3, -0.25) is 9.59 Å². The Balaban J connectivity index is 2.01. The predicted octanol–water partition coefficient (Wildman–Crippen LogP) is 3.72. The molecule has 2 aromatic rings. The van der Waals surface area contributed by atoms with Crippen molar-refractivity contribution >= 4 is 11.8 Å². The topological polar surface area (TPSA) is 67.9 Å². The minimum atomic E-state index is -0.511. The molecule has 2 aromatic carbocycles. The summed E-state index contributed by atoms with van der Waals surface area (Å²) in [6, 6.07) is 14.9. The van der Waals surface area contributed by atoms with Gasteiger partial charge in [0.05, 0.1) is 13.7 Å². The molecule has 0 aliphatic carbocycles. The Morgan fingerprint density at radius 2 is 1.67 bits per heavy atom. The van der Waals surface area contributed by atoms with Crippen LogP contribution in [0.1, 0.15) is 37.3 Å². The Hall–Kier alpha value is -3.02. The summed E-state index contributed by atoms with van der Waals surface area (Å²) in [5.74, 6) is 1.33. The van der Waals surface area contributed by atoms with Gasteiger partial charge in [0.2, 0.25) is 11.8 Å². The van der Waals surface area contributed by atoms with Crippen LogP contribution in [0.3, 0.4) is 0 Å². The fourth-order valence-corrected chi connectivity index (χ4v) is 3.21. The number of carbonyl (C=O) groups excluding carboxylic acids is 2. The molecule has 0 aromatic heterocycles. The highest BCUT2D eigenvalue weighted by Crippen LogP contribution is 2.18. The molecule has 0 fully saturated rings. The van der Waals surface area contributed by atoms with E-state index in [0.29, 0.717) is 32.4 Å². The molecule has 2 amide bonds. The zero-order chi connectivity index (χ0) is 21.9. The molecule has 2 rings (SSSR count). The molecule has 6 heteroatoms. The van der Waals surface area contributed by atoms with Gasteiger partial charge < -0.3 is 19.7 Å². The smallest absolute Gasteiger partial charge is 0.242 e. The second-order valence-electron chi connectivity index (χ2n) is 7.17. The van der Waals surface area contributed by atoms with Crippen LogP contribution in [0.4, 0.5) is 0 Å². The first-order valence-corrected chi connectivity index (χ1v) is 10.3. The number of nitrogens with one attached hydrogen (secondary N) is 1. The van der Waals surface area contributed by atoms with Gasteiger partial charge in [-0.05, 0) is 49.6 Å². The van der Waals surface area contributed by atoms with Crippen molar-refractivity contribution in [1.29, 1.82) is 0 Å². The molecule has 0 bridgehead atoms. The molecule has 0 unspecified atom stereocenters. The van der Waals surface area contributed by atoms with E-state index in [1.807, 2.05) is 62.4 Å². The van der Waals surface area contributed by atoms with E-state index in [9.17, 15) is 9.59 Å². The molecule has 162 valence electrons. The molecule has 0 aliphatic rings. The quantitative estimate of drug-likeness (QED) is 0.571. The molecule has 0 saturated heterocycles. The van der Waals surface area contributed by atoms with Crippen LogP contribution in [0.25, 0.3) is 0 Å². The van der Waals surface area contributed by atoms with Gasteiger partial charge in [-0.1, -0.05) is 36.8 Å². The standard InChI is InChI=1S/C24H32N2O4/c1-5-22(24(28)25-3)26(17-19-10-14-20(29-4)15-11-19)23(27)7-6-16-30-21-12-8-18(2)9-13-21/h8-15,22H,5-7,16-17H2,1-4H3,(H,25,28)/t22-/m0/s1. The lowest BCUT2D eigenvalue weighted by Gasteiger charge is -2.30. The van der Waals surface area contributed by atoms with E-state index in [1.165, 1.54) is 5.56 Å². The van der Waals surface area contributed by atoms with Gasteiger partial charge in [-0.15, -0.1) is 0 Å². The van der Waals surface area contributed by atoms with E-state index in [-0.39, 0.29) is 11.8 Å². The number of methoxy groups -OCH3 is 1. The Labute approximate surface area is 179 Å². The highest BCUT2D eigenvalue weighted by atomic mass is 16.5. The van der Waals surface area contributed by atoms with Gasteiger partial charge in [-0.2, -0.15) is 0 Å². The van der Waals surface area contributed by atoms with Crippen molar-refractivity contribution in [1.82, 2.24) is 10.2 Å². The first kappa shape index (κ1) is 23.3. The molecule has 0 spiro atoms. The van der Waals surface area contributed by atoms with Crippen molar-refractivity contribution in [3.63, 3.8) is 0 Å². The normalized spacial score (nSPS) is 11.5. The lowest BCUT2D eigenvalue weighted by Crippen LogP contribution is -2.48. The van der Waals surface area contributed by atoms with Crippen molar-refractivity contribution in [2.45, 2.75) is 45.7 Å².